The van der Waals surface area contributed by atoms with Crippen molar-refractivity contribution >= 4 is 20.4 Å². The molecule has 3 atom stereocenters. The molecule has 26 heavy (non-hydrogen) atoms. The Morgan fingerprint density at radius 3 is 1.96 bits per heavy atom. The van der Waals surface area contributed by atoms with E-state index < -0.39 is 38.1 Å². The Bertz CT molecular complexity index is 479. The van der Waals surface area contributed by atoms with Crippen LogP contribution in [0.15, 0.2) is 0 Å². The predicted octanol–water partition coefficient (Wildman–Crippen LogP) is 4.79. The van der Waals surface area contributed by atoms with Gasteiger partial charge in [0.25, 0.3) is 0 Å². The average Bonchev–Trinajstić information content (AvgIpc) is 2.39. The zero-order chi connectivity index (χ0) is 20.9. The molecule has 0 aliphatic heterocycles. The average molecular weight is 390 g/mol. The van der Waals surface area contributed by atoms with E-state index in [1.807, 2.05) is 13.8 Å². The van der Waals surface area contributed by atoms with E-state index >= 15 is 0 Å². The number of nitrogens with one attached hydrogen (secondary N) is 1. The van der Waals surface area contributed by atoms with Crippen LogP contribution in [0.4, 0.5) is 4.79 Å². The topological polar surface area (TPSA) is 84.9 Å². The lowest BCUT2D eigenvalue weighted by Gasteiger charge is -2.42. The van der Waals surface area contributed by atoms with E-state index in [9.17, 15) is 14.7 Å². The summed E-state index contributed by atoms with van der Waals surface area (Å²) in [5, 5.41) is 12.2. The summed E-state index contributed by atoms with van der Waals surface area (Å²) in [7, 11) is -2.21. The summed E-state index contributed by atoms with van der Waals surface area (Å²) in [6, 6.07) is -0.430. The number of carboxylic acid groups (broad SMARTS) is 1. The lowest BCUT2D eigenvalue weighted by Crippen LogP contribution is -2.55. The molecule has 0 fully saturated rings. The van der Waals surface area contributed by atoms with Crippen LogP contribution in [-0.4, -0.2) is 43.2 Å². The molecule has 0 aromatic heterocycles. The first kappa shape index (κ1) is 24.9. The summed E-state index contributed by atoms with van der Waals surface area (Å²) in [5.74, 6) is -0.885. The summed E-state index contributed by atoms with van der Waals surface area (Å²) in [4.78, 5) is 23.8. The molecule has 6 nitrogen and oxygen atoms in total. The van der Waals surface area contributed by atoms with Crippen molar-refractivity contribution in [2.45, 2.75) is 104 Å². The minimum Gasteiger partial charge on any atom is -0.481 e. The third-order valence-electron chi connectivity index (χ3n) is 4.97. The van der Waals surface area contributed by atoms with E-state index in [1.54, 1.807) is 20.8 Å². The highest BCUT2D eigenvalue weighted by Crippen LogP contribution is 2.38. The first-order chi connectivity index (χ1) is 11.5. The number of carbonyl (C=O) groups excluding carboxylic acids is 1. The molecule has 0 aromatic carbocycles. The van der Waals surface area contributed by atoms with Gasteiger partial charge in [0.05, 0.1) is 18.6 Å². The number of amides is 1. The van der Waals surface area contributed by atoms with Gasteiger partial charge in [-0.15, -0.1) is 0 Å². The number of alkyl carbamates (subject to hydrolysis) is 1. The van der Waals surface area contributed by atoms with Crippen molar-refractivity contribution in [2.24, 2.45) is 5.92 Å². The number of carbonyl (C=O) groups is 2. The Morgan fingerprint density at radius 1 is 1.12 bits per heavy atom. The van der Waals surface area contributed by atoms with Gasteiger partial charge in [-0.05, 0) is 44.8 Å². The maximum atomic E-state index is 12.3. The van der Waals surface area contributed by atoms with E-state index in [4.69, 9.17) is 9.16 Å². The number of ether oxygens (including phenoxy) is 1. The van der Waals surface area contributed by atoms with Crippen LogP contribution in [0.25, 0.3) is 0 Å². The summed E-state index contributed by atoms with van der Waals surface area (Å²) in [5.41, 5.74) is -0.618. The van der Waals surface area contributed by atoms with Gasteiger partial charge in [0.15, 0.2) is 8.32 Å². The molecule has 0 aliphatic rings. The molecule has 154 valence electrons. The molecular weight excluding hydrogens is 350 g/mol. The highest BCUT2D eigenvalue weighted by Gasteiger charge is 2.42. The Morgan fingerprint density at radius 2 is 1.62 bits per heavy atom. The van der Waals surface area contributed by atoms with Crippen LogP contribution in [0.3, 0.4) is 0 Å². The zero-order valence-electron chi connectivity index (χ0n) is 18.2. The van der Waals surface area contributed by atoms with Crippen molar-refractivity contribution < 1.29 is 23.9 Å². The van der Waals surface area contributed by atoms with E-state index in [0.29, 0.717) is 0 Å². The Balaban J connectivity index is 5.62. The van der Waals surface area contributed by atoms with Crippen LogP contribution >= 0.6 is 0 Å². The molecule has 7 heteroatoms. The highest BCUT2D eigenvalue weighted by atomic mass is 28.4. The number of hydrogen-bond donors (Lipinski definition) is 2. The molecule has 0 aromatic rings. The Labute approximate surface area is 160 Å². The number of hydrogen-bond acceptors (Lipinski definition) is 4. The molecule has 0 saturated carbocycles. The maximum Gasteiger partial charge on any atom is 0.407 e. The lowest BCUT2D eigenvalue weighted by atomic mass is 9.93. The number of carboxylic acids is 1. The standard InChI is InChI=1S/C19H39NO5Si/c1-11-13(2)16(20-17(23)24-18(3,4)5)14(12-15(21)22)25-26(9,10)19(6,7)8/h13-14,16H,11-12H2,1-10H3,(H,20,23)(H,21,22)/t13-,14-,16+/m0/s1. The third kappa shape index (κ3) is 8.53. The van der Waals surface area contributed by atoms with E-state index in [1.165, 1.54) is 0 Å². The summed E-state index contributed by atoms with van der Waals surface area (Å²) >= 11 is 0. The zero-order valence-corrected chi connectivity index (χ0v) is 19.2. The van der Waals surface area contributed by atoms with Gasteiger partial charge in [0, 0.05) is 0 Å². The van der Waals surface area contributed by atoms with Gasteiger partial charge < -0.3 is 19.6 Å². The van der Waals surface area contributed by atoms with Gasteiger partial charge >= 0.3 is 12.1 Å². The molecule has 0 spiro atoms. The SMILES string of the molecule is CC[C@H](C)[C@@H](NC(=O)OC(C)(C)C)[C@H](CC(=O)O)O[Si](C)(C)C(C)(C)C. The second kappa shape index (κ2) is 9.22. The van der Waals surface area contributed by atoms with Gasteiger partial charge in [-0.2, -0.15) is 0 Å². The largest absolute Gasteiger partial charge is 0.481 e. The van der Waals surface area contributed by atoms with Crippen molar-refractivity contribution in [1.29, 1.82) is 0 Å². The molecule has 0 bridgehead atoms. The van der Waals surface area contributed by atoms with Gasteiger partial charge in [-0.1, -0.05) is 41.0 Å². The molecule has 0 unspecified atom stereocenters. The van der Waals surface area contributed by atoms with Gasteiger partial charge in [-0.25, -0.2) is 4.79 Å². The smallest absolute Gasteiger partial charge is 0.407 e. The summed E-state index contributed by atoms with van der Waals surface area (Å²) in [6.07, 6.45) is -0.512. The molecule has 0 rings (SSSR count). The lowest BCUT2D eigenvalue weighted by molar-refractivity contribution is -0.139. The molecule has 2 N–H and O–H groups in total. The number of aliphatic carboxylic acids is 1. The number of rotatable bonds is 8. The molecule has 0 radical (unpaired) electrons. The molecular formula is C19H39NO5Si. The second-order valence-electron chi connectivity index (χ2n) is 9.57. The van der Waals surface area contributed by atoms with Crippen molar-refractivity contribution in [3.63, 3.8) is 0 Å². The van der Waals surface area contributed by atoms with Crippen molar-refractivity contribution in [1.82, 2.24) is 5.32 Å². The van der Waals surface area contributed by atoms with Crippen molar-refractivity contribution in [3.05, 3.63) is 0 Å². The third-order valence-corrected chi connectivity index (χ3v) is 9.47. The minimum absolute atomic E-state index is 0.0524. The summed E-state index contributed by atoms with van der Waals surface area (Å²) in [6.45, 7) is 19.9. The van der Waals surface area contributed by atoms with Gasteiger partial charge in [0.1, 0.15) is 5.60 Å². The van der Waals surface area contributed by atoms with E-state index in [-0.39, 0.29) is 17.4 Å². The van der Waals surface area contributed by atoms with Crippen LogP contribution < -0.4 is 5.32 Å². The van der Waals surface area contributed by atoms with E-state index in [0.717, 1.165) is 6.42 Å². The quantitative estimate of drug-likeness (QED) is 0.583. The van der Waals surface area contributed by atoms with Crippen LogP contribution in [0.5, 0.6) is 0 Å². The molecule has 0 aliphatic carbocycles. The predicted molar refractivity (Wildman–Crippen MR) is 107 cm³/mol. The van der Waals surface area contributed by atoms with Crippen LogP contribution in [0, 0.1) is 5.92 Å². The fraction of sp³-hybridized carbons (Fsp3) is 0.895. The molecule has 1 amide bonds. The normalized spacial score (nSPS) is 16.5. The highest BCUT2D eigenvalue weighted by molar-refractivity contribution is 6.74. The van der Waals surface area contributed by atoms with Gasteiger partial charge in [-0.3, -0.25) is 4.79 Å². The summed E-state index contributed by atoms with van der Waals surface area (Å²) < 4.78 is 11.8. The second-order valence-corrected chi connectivity index (χ2v) is 14.3. The molecule has 0 heterocycles. The van der Waals surface area contributed by atoms with Gasteiger partial charge in [0.2, 0.25) is 0 Å². The molecule has 0 saturated heterocycles. The first-order valence-electron chi connectivity index (χ1n) is 9.39. The maximum absolute atomic E-state index is 12.3. The minimum atomic E-state index is -2.21. The van der Waals surface area contributed by atoms with Crippen LogP contribution in [0.2, 0.25) is 18.1 Å². The van der Waals surface area contributed by atoms with Crippen LogP contribution in [0.1, 0.15) is 68.2 Å². The fourth-order valence-corrected chi connectivity index (χ4v) is 3.61. The Hall–Kier alpha value is -1.08. The fourth-order valence-electron chi connectivity index (χ4n) is 2.27. The van der Waals surface area contributed by atoms with Crippen LogP contribution in [-0.2, 0) is 14.0 Å². The van der Waals surface area contributed by atoms with E-state index in [2.05, 4.69) is 39.2 Å². The monoisotopic (exact) mass is 389 g/mol. The first-order valence-corrected chi connectivity index (χ1v) is 12.3. The van der Waals surface area contributed by atoms with Crippen molar-refractivity contribution in [3.8, 4) is 0 Å². The Kier molecular flexibility index (Phi) is 8.83. The van der Waals surface area contributed by atoms with Crippen molar-refractivity contribution in [2.75, 3.05) is 0 Å².